The lowest BCUT2D eigenvalue weighted by Crippen LogP contribution is -2.03. The van der Waals surface area contributed by atoms with Crippen molar-refractivity contribution in [3.63, 3.8) is 0 Å². The van der Waals surface area contributed by atoms with Crippen molar-refractivity contribution in [3.8, 4) is 10.6 Å². The molecule has 0 aliphatic rings. The van der Waals surface area contributed by atoms with Crippen LogP contribution in [-0.2, 0) is 0 Å². The number of hydrogen-bond donors (Lipinski definition) is 1. The second-order valence-electron chi connectivity index (χ2n) is 3.24. The molecule has 78 valence electrons. The molecule has 0 unspecified atom stereocenters. The Balaban J connectivity index is 2.37. The molecule has 0 fully saturated rings. The normalized spacial score (nSPS) is 12.7. The Hall–Kier alpha value is -1.33. The summed E-state index contributed by atoms with van der Waals surface area (Å²) in [6.07, 6.45) is 0. The van der Waals surface area contributed by atoms with Crippen LogP contribution in [0.5, 0.6) is 0 Å². The first-order chi connectivity index (χ1) is 7.16. The minimum atomic E-state index is -0.273. The zero-order valence-electron chi connectivity index (χ0n) is 8.14. The number of nitrogens with zero attached hydrogens (tertiary/aromatic N) is 2. The Labute approximate surface area is 90.8 Å². The van der Waals surface area contributed by atoms with Gasteiger partial charge in [0.05, 0.1) is 6.04 Å². The van der Waals surface area contributed by atoms with Crippen molar-refractivity contribution in [2.45, 2.75) is 13.0 Å². The van der Waals surface area contributed by atoms with Crippen LogP contribution in [0.1, 0.15) is 18.0 Å². The highest BCUT2D eigenvalue weighted by Crippen LogP contribution is 2.25. The molecule has 0 radical (unpaired) electrons. The lowest BCUT2D eigenvalue weighted by Gasteiger charge is -1.95. The maximum absolute atomic E-state index is 12.9. The van der Waals surface area contributed by atoms with Crippen LogP contribution >= 0.6 is 11.3 Å². The molecule has 3 nitrogen and oxygen atoms in total. The largest absolute Gasteiger partial charge is 0.322 e. The number of benzene rings is 1. The quantitative estimate of drug-likeness (QED) is 0.850. The molecule has 15 heavy (non-hydrogen) atoms. The summed E-state index contributed by atoms with van der Waals surface area (Å²) in [6, 6.07) is 6.15. The van der Waals surface area contributed by atoms with Crippen molar-refractivity contribution in [2.75, 3.05) is 0 Å². The highest BCUT2D eigenvalue weighted by atomic mass is 32.1. The molecule has 0 saturated carbocycles. The zero-order valence-corrected chi connectivity index (χ0v) is 8.96. The summed E-state index contributed by atoms with van der Waals surface area (Å²) in [6.45, 7) is 1.84. The van der Waals surface area contributed by atoms with Gasteiger partial charge in [-0.15, -0.1) is 10.2 Å². The van der Waals surface area contributed by atoms with Crippen molar-refractivity contribution in [3.05, 3.63) is 35.1 Å². The molecule has 1 aromatic heterocycles. The first-order valence-electron chi connectivity index (χ1n) is 4.52. The summed E-state index contributed by atoms with van der Waals surface area (Å²) in [4.78, 5) is 0. The lowest BCUT2D eigenvalue weighted by atomic mass is 10.2. The standard InChI is InChI=1S/C10H10FN3S/c1-6(12)9-13-14-10(15-9)7-3-2-4-8(11)5-7/h2-6H,12H2,1H3/t6-/m1/s1. The van der Waals surface area contributed by atoms with Gasteiger partial charge in [-0.3, -0.25) is 0 Å². The lowest BCUT2D eigenvalue weighted by molar-refractivity contribution is 0.628. The van der Waals surface area contributed by atoms with Crippen LogP contribution in [0, 0.1) is 5.82 Å². The summed E-state index contributed by atoms with van der Waals surface area (Å²) in [5.74, 6) is -0.273. The van der Waals surface area contributed by atoms with Crippen LogP contribution in [0.25, 0.3) is 10.6 Å². The maximum Gasteiger partial charge on any atom is 0.147 e. The minimum absolute atomic E-state index is 0.134. The Bertz CT molecular complexity index is 467. The topological polar surface area (TPSA) is 51.8 Å². The van der Waals surface area contributed by atoms with Crippen LogP contribution < -0.4 is 5.73 Å². The van der Waals surface area contributed by atoms with Gasteiger partial charge in [0.25, 0.3) is 0 Å². The van der Waals surface area contributed by atoms with E-state index in [1.54, 1.807) is 12.1 Å². The molecule has 0 spiro atoms. The summed E-state index contributed by atoms with van der Waals surface area (Å²) in [7, 11) is 0. The Morgan fingerprint density at radius 1 is 1.40 bits per heavy atom. The van der Waals surface area contributed by atoms with E-state index in [2.05, 4.69) is 10.2 Å². The minimum Gasteiger partial charge on any atom is -0.322 e. The summed E-state index contributed by atoms with van der Waals surface area (Å²) in [5.41, 5.74) is 6.40. The van der Waals surface area contributed by atoms with E-state index in [4.69, 9.17) is 5.73 Å². The van der Waals surface area contributed by atoms with Crippen molar-refractivity contribution >= 4 is 11.3 Å². The van der Waals surface area contributed by atoms with E-state index in [-0.39, 0.29) is 11.9 Å². The summed E-state index contributed by atoms with van der Waals surface area (Å²) < 4.78 is 12.9. The molecule has 0 bridgehead atoms. The van der Waals surface area contributed by atoms with Crippen LogP contribution in [0.2, 0.25) is 0 Å². The number of rotatable bonds is 2. The van der Waals surface area contributed by atoms with Crippen LogP contribution in [0.3, 0.4) is 0 Å². The van der Waals surface area contributed by atoms with E-state index in [1.807, 2.05) is 6.92 Å². The first kappa shape index (κ1) is 10.2. The number of halogens is 1. The van der Waals surface area contributed by atoms with Crippen molar-refractivity contribution in [2.24, 2.45) is 5.73 Å². The zero-order chi connectivity index (χ0) is 10.8. The fourth-order valence-corrected chi connectivity index (χ4v) is 1.95. The Morgan fingerprint density at radius 3 is 2.80 bits per heavy atom. The van der Waals surface area contributed by atoms with Gasteiger partial charge in [-0.25, -0.2) is 4.39 Å². The molecule has 0 aliphatic heterocycles. The van der Waals surface area contributed by atoms with Gasteiger partial charge in [-0.2, -0.15) is 0 Å². The van der Waals surface area contributed by atoms with Gasteiger partial charge in [0.1, 0.15) is 15.8 Å². The van der Waals surface area contributed by atoms with E-state index < -0.39 is 0 Å². The van der Waals surface area contributed by atoms with Crippen LogP contribution in [0.15, 0.2) is 24.3 Å². The maximum atomic E-state index is 12.9. The van der Waals surface area contributed by atoms with Gasteiger partial charge < -0.3 is 5.73 Å². The number of aromatic nitrogens is 2. The molecule has 5 heteroatoms. The number of nitrogens with two attached hydrogens (primary N) is 1. The first-order valence-corrected chi connectivity index (χ1v) is 5.33. The van der Waals surface area contributed by atoms with Crippen LogP contribution in [0.4, 0.5) is 4.39 Å². The third-order valence-electron chi connectivity index (χ3n) is 1.90. The SMILES string of the molecule is C[C@@H](N)c1nnc(-c2cccc(F)c2)s1. The van der Waals surface area contributed by atoms with Gasteiger partial charge in [0, 0.05) is 5.56 Å². The second kappa shape index (κ2) is 4.04. The molecule has 2 aromatic rings. The highest BCUT2D eigenvalue weighted by molar-refractivity contribution is 7.14. The third-order valence-corrected chi connectivity index (χ3v) is 3.07. The summed E-state index contributed by atoms with van der Waals surface area (Å²) >= 11 is 1.39. The molecule has 0 amide bonds. The molecule has 2 N–H and O–H groups in total. The van der Waals surface area contributed by atoms with E-state index in [0.717, 1.165) is 10.6 Å². The average molecular weight is 223 g/mol. The number of hydrogen-bond acceptors (Lipinski definition) is 4. The summed E-state index contributed by atoms with van der Waals surface area (Å²) in [5, 5.41) is 9.37. The monoisotopic (exact) mass is 223 g/mol. The Kier molecular flexibility index (Phi) is 2.75. The smallest absolute Gasteiger partial charge is 0.147 e. The molecular weight excluding hydrogens is 213 g/mol. The van der Waals surface area contributed by atoms with Gasteiger partial charge >= 0.3 is 0 Å². The third kappa shape index (κ3) is 2.19. The fraction of sp³-hybridized carbons (Fsp3) is 0.200. The van der Waals surface area contributed by atoms with Gasteiger partial charge in [-0.1, -0.05) is 23.5 Å². The van der Waals surface area contributed by atoms with E-state index in [9.17, 15) is 4.39 Å². The molecular formula is C10H10FN3S. The van der Waals surface area contributed by atoms with Crippen molar-refractivity contribution in [1.29, 1.82) is 0 Å². The van der Waals surface area contributed by atoms with E-state index in [0.29, 0.717) is 5.01 Å². The predicted molar refractivity (Wildman–Crippen MR) is 57.9 cm³/mol. The molecule has 0 saturated heterocycles. The van der Waals surface area contributed by atoms with Gasteiger partial charge in [0.2, 0.25) is 0 Å². The molecule has 1 aromatic carbocycles. The predicted octanol–water partition coefficient (Wildman–Crippen LogP) is 2.36. The molecule has 1 atom stereocenters. The second-order valence-corrected chi connectivity index (χ2v) is 4.25. The van der Waals surface area contributed by atoms with Gasteiger partial charge in [0.15, 0.2) is 0 Å². The average Bonchev–Trinajstić information content (AvgIpc) is 2.66. The highest BCUT2D eigenvalue weighted by Gasteiger charge is 2.09. The van der Waals surface area contributed by atoms with Crippen molar-refractivity contribution in [1.82, 2.24) is 10.2 Å². The van der Waals surface area contributed by atoms with Crippen LogP contribution in [-0.4, -0.2) is 10.2 Å². The molecule has 0 aliphatic carbocycles. The van der Waals surface area contributed by atoms with Crippen molar-refractivity contribution < 1.29 is 4.39 Å². The van der Waals surface area contributed by atoms with E-state index in [1.165, 1.54) is 23.5 Å². The van der Waals surface area contributed by atoms with E-state index >= 15 is 0 Å². The Morgan fingerprint density at radius 2 is 2.20 bits per heavy atom. The molecule has 2 rings (SSSR count). The fourth-order valence-electron chi connectivity index (χ4n) is 1.16. The molecule has 1 heterocycles. The van der Waals surface area contributed by atoms with Gasteiger partial charge in [-0.05, 0) is 19.1 Å².